The molecule has 0 atom stereocenters. The quantitative estimate of drug-likeness (QED) is 0.149. The molecular formula is C30H22F8O. The molecule has 4 aromatic carbocycles. The standard InChI is InChI=1S/C30H22F8O/c1-2-3-20-9-13-23(28(35)27(20)34)18-6-10-21(11-7-18)30(37,38)39-22-12-8-19(24(31)16-22)5-4-17-14-25(32)29(36)26(33)15-17/h6-16H,2-5H2,1H3. The number of hydrogen-bond acceptors (Lipinski definition) is 1. The van der Waals surface area contributed by atoms with Crippen LogP contribution in [0.2, 0.25) is 0 Å². The number of aryl methyl sites for hydroxylation is 3. The van der Waals surface area contributed by atoms with Crippen molar-refractivity contribution in [2.75, 3.05) is 0 Å². The Kier molecular flexibility index (Phi) is 8.28. The second-order valence-electron chi connectivity index (χ2n) is 8.97. The summed E-state index contributed by atoms with van der Waals surface area (Å²) in [5, 5.41) is 0. The van der Waals surface area contributed by atoms with Crippen LogP contribution >= 0.6 is 0 Å². The first-order valence-electron chi connectivity index (χ1n) is 12.1. The van der Waals surface area contributed by atoms with E-state index in [4.69, 9.17) is 4.74 Å². The monoisotopic (exact) mass is 550 g/mol. The Bertz CT molecular complexity index is 1460. The zero-order valence-corrected chi connectivity index (χ0v) is 20.6. The fourth-order valence-electron chi connectivity index (χ4n) is 4.15. The molecule has 204 valence electrons. The van der Waals surface area contributed by atoms with E-state index >= 15 is 0 Å². The largest absolute Gasteiger partial charge is 0.429 e. The first-order chi connectivity index (χ1) is 18.5. The molecule has 9 heteroatoms. The van der Waals surface area contributed by atoms with E-state index in [9.17, 15) is 35.1 Å². The summed E-state index contributed by atoms with van der Waals surface area (Å²) in [6.45, 7) is 1.83. The van der Waals surface area contributed by atoms with Crippen LogP contribution in [0.25, 0.3) is 11.1 Å². The third-order valence-electron chi connectivity index (χ3n) is 6.21. The van der Waals surface area contributed by atoms with Gasteiger partial charge in [-0.1, -0.05) is 43.7 Å². The smallest absolute Gasteiger partial charge is 0.426 e. The molecule has 0 aliphatic rings. The number of ether oxygens (including phenoxy) is 1. The van der Waals surface area contributed by atoms with Crippen LogP contribution in [0.15, 0.2) is 66.7 Å². The van der Waals surface area contributed by atoms with Crippen molar-refractivity contribution >= 4 is 0 Å². The van der Waals surface area contributed by atoms with Gasteiger partial charge in [-0.05, 0) is 71.8 Å². The fraction of sp³-hybridized carbons (Fsp3) is 0.200. The highest BCUT2D eigenvalue weighted by atomic mass is 19.3. The van der Waals surface area contributed by atoms with Crippen LogP contribution < -0.4 is 4.74 Å². The summed E-state index contributed by atoms with van der Waals surface area (Å²) in [4.78, 5) is 0. The Labute approximate surface area is 219 Å². The molecule has 0 bridgehead atoms. The predicted octanol–water partition coefficient (Wildman–Crippen LogP) is 9.05. The number of alkyl halides is 2. The van der Waals surface area contributed by atoms with Gasteiger partial charge in [-0.15, -0.1) is 0 Å². The van der Waals surface area contributed by atoms with Crippen LogP contribution in [0.4, 0.5) is 35.1 Å². The number of halogens is 8. The van der Waals surface area contributed by atoms with Gasteiger partial charge in [-0.2, -0.15) is 8.78 Å². The van der Waals surface area contributed by atoms with Crippen molar-refractivity contribution in [2.24, 2.45) is 0 Å². The van der Waals surface area contributed by atoms with E-state index in [1.54, 1.807) is 0 Å². The van der Waals surface area contributed by atoms with E-state index in [0.29, 0.717) is 12.8 Å². The molecule has 0 saturated heterocycles. The lowest BCUT2D eigenvalue weighted by Gasteiger charge is -2.19. The molecule has 0 unspecified atom stereocenters. The minimum absolute atomic E-state index is 0.0282. The van der Waals surface area contributed by atoms with Gasteiger partial charge in [0.15, 0.2) is 29.1 Å². The maximum absolute atomic E-state index is 14.8. The maximum atomic E-state index is 14.8. The van der Waals surface area contributed by atoms with Gasteiger partial charge in [-0.3, -0.25) is 0 Å². The van der Waals surface area contributed by atoms with Crippen molar-refractivity contribution in [3.8, 4) is 16.9 Å². The van der Waals surface area contributed by atoms with Gasteiger partial charge in [-0.25, -0.2) is 26.3 Å². The Morgan fingerprint density at radius 3 is 1.87 bits per heavy atom. The highest BCUT2D eigenvalue weighted by Crippen LogP contribution is 2.34. The average molecular weight is 550 g/mol. The maximum Gasteiger partial charge on any atom is 0.426 e. The molecule has 39 heavy (non-hydrogen) atoms. The highest BCUT2D eigenvalue weighted by Gasteiger charge is 2.35. The van der Waals surface area contributed by atoms with Gasteiger partial charge >= 0.3 is 6.11 Å². The van der Waals surface area contributed by atoms with Crippen LogP contribution in [-0.4, -0.2) is 0 Å². The summed E-state index contributed by atoms with van der Waals surface area (Å²) >= 11 is 0. The molecule has 0 fully saturated rings. The molecule has 4 aromatic rings. The summed E-state index contributed by atoms with van der Waals surface area (Å²) in [5.74, 6) is -7.76. The van der Waals surface area contributed by atoms with Gasteiger partial charge < -0.3 is 4.74 Å². The molecule has 0 spiro atoms. The van der Waals surface area contributed by atoms with E-state index in [1.165, 1.54) is 30.3 Å². The van der Waals surface area contributed by atoms with Gasteiger partial charge in [0.1, 0.15) is 11.6 Å². The third-order valence-corrected chi connectivity index (χ3v) is 6.21. The summed E-state index contributed by atoms with van der Waals surface area (Å²) in [6, 6.07) is 11.9. The lowest BCUT2D eigenvalue weighted by Crippen LogP contribution is -2.22. The Morgan fingerprint density at radius 2 is 1.26 bits per heavy atom. The number of hydrogen-bond donors (Lipinski definition) is 0. The van der Waals surface area contributed by atoms with Crippen LogP contribution in [0.5, 0.6) is 5.75 Å². The Morgan fingerprint density at radius 1 is 0.615 bits per heavy atom. The minimum Gasteiger partial charge on any atom is -0.429 e. The first-order valence-corrected chi connectivity index (χ1v) is 12.1. The second kappa shape index (κ2) is 11.5. The summed E-state index contributed by atoms with van der Waals surface area (Å²) in [7, 11) is 0. The predicted molar refractivity (Wildman–Crippen MR) is 130 cm³/mol. The van der Waals surface area contributed by atoms with Gasteiger partial charge in [0, 0.05) is 11.6 Å². The second-order valence-corrected chi connectivity index (χ2v) is 8.97. The SMILES string of the molecule is CCCc1ccc(-c2ccc(C(F)(F)Oc3ccc(CCc4cc(F)c(F)c(F)c4)c(F)c3)cc2)c(F)c1F. The lowest BCUT2D eigenvalue weighted by molar-refractivity contribution is -0.185. The molecule has 4 rings (SSSR count). The van der Waals surface area contributed by atoms with E-state index in [0.717, 1.165) is 36.4 Å². The minimum atomic E-state index is -3.88. The normalized spacial score (nSPS) is 11.6. The molecular weight excluding hydrogens is 528 g/mol. The van der Waals surface area contributed by atoms with E-state index in [-0.39, 0.29) is 40.7 Å². The van der Waals surface area contributed by atoms with Gasteiger partial charge in [0.05, 0.1) is 5.56 Å². The number of rotatable bonds is 9. The van der Waals surface area contributed by atoms with Crippen molar-refractivity contribution in [3.05, 3.63) is 124 Å². The summed E-state index contributed by atoms with van der Waals surface area (Å²) < 4.78 is 117. The molecule has 0 heterocycles. The lowest BCUT2D eigenvalue weighted by atomic mass is 9.99. The molecule has 0 amide bonds. The molecule has 0 radical (unpaired) electrons. The van der Waals surface area contributed by atoms with Crippen molar-refractivity contribution < 1.29 is 39.9 Å². The van der Waals surface area contributed by atoms with Crippen molar-refractivity contribution in [1.82, 2.24) is 0 Å². The van der Waals surface area contributed by atoms with Crippen LogP contribution in [0, 0.1) is 34.9 Å². The van der Waals surface area contributed by atoms with Gasteiger partial charge in [0.25, 0.3) is 0 Å². The molecule has 0 aromatic heterocycles. The van der Waals surface area contributed by atoms with Crippen LogP contribution in [0.3, 0.4) is 0 Å². The first kappa shape index (κ1) is 28.1. The topological polar surface area (TPSA) is 9.23 Å². The molecule has 0 N–H and O–H groups in total. The van der Waals surface area contributed by atoms with E-state index in [2.05, 4.69) is 0 Å². The molecule has 1 nitrogen and oxygen atoms in total. The zero-order valence-electron chi connectivity index (χ0n) is 20.6. The van der Waals surface area contributed by atoms with Crippen LogP contribution in [-0.2, 0) is 25.4 Å². The Hall–Kier alpha value is -3.88. The number of benzene rings is 4. The van der Waals surface area contributed by atoms with Crippen molar-refractivity contribution in [1.29, 1.82) is 0 Å². The van der Waals surface area contributed by atoms with Crippen molar-refractivity contribution in [3.63, 3.8) is 0 Å². The summed E-state index contributed by atoms with van der Waals surface area (Å²) in [5.41, 5.74) is -0.0939. The Balaban J connectivity index is 1.46. The zero-order chi connectivity index (χ0) is 28.3. The molecule has 0 aliphatic heterocycles. The van der Waals surface area contributed by atoms with E-state index < -0.39 is 52.3 Å². The summed E-state index contributed by atoms with van der Waals surface area (Å²) in [6.07, 6.45) is -2.96. The fourth-order valence-corrected chi connectivity index (χ4v) is 4.15. The van der Waals surface area contributed by atoms with Crippen molar-refractivity contribution in [2.45, 2.75) is 38.7 Å². The highest BCUT2D eigenvalue weighted by molar-refractivity contribution is 5.65. The third kappa shape index (κ3) is 6.24. The van der Waals surface area contributed by atoms with Gasteiger partial charge in [0.2, 0.25) is 0 Å². The molecule has 0 saturated carbocycles. The van der Waals surface area contributed by atoms with Crippen LogP contribution in [0.1, 0.15) is 35.6 Å². The average Bonchev–Trinajstić information content (AvgIpc) is 2.89. The van der Waals surface area contributed by atoms with E-state index in [1.807, 2.05) is 6.92 Å². The molecule has 0 aliphatic carbocycles.